The van der Waals surface area contributed by atoms with Gasteiger partial charge in [-0.3, -0.25) is 0 Å². The summed E-state index contributed by atoms with van der Waals surface area (Å²) in [6, 6.07) is 9.11. The van der Waals surface area contributed by atoms with Gasteiger partial charge >= 0.3 is 0 Å². The molecular formula is C17H26BrN. The molecule has 1 fully saturated rings. The third-order valence-corrected chi connectivity index (χ3v) is 6.04. The van der Waals surface area contributed by atoms with Crippen LogP contribution < -0.4 is 5.32 Å². The van der Waals surface area contributed by atoms with Crippen molar-refractivity contribution in [2.75, 3.05) is 6.54 Å². The van der Waals surface area contributed by atoms with Gasteiger partial charge in [0, 0.05) is 10.5 Å². The maximum Gasteiger partial charge on any atom is 0.0318 e. The van der Waals surface area contributed by atoms with Gasteiger partial charge in [0.1, 0.15) is 0 Å². The molecule has 1 N–H and O–H groups in total. The Kier molecular flexibility index (Phi) is 4.13. The van der Waals surface area contributed by atoms with E-state index in [-0.39, 0.29) is 0 Å². The molecule has 0 spiro atoms. The van der Waals surface area contributed by atoms with Gasteiger partial charge in [0.05, 0.1) is 0 Å². The van der Waals surface area contributed by atoms with Gasteiger partial charge in [0.15, 0.2) is 0 Å². The van der Waals surface area contributed by atoms with Crippen molar-refractivity contribution in [1.82, 2.24) is 5.32 Å². The zero-order valence-electron chi connectivity index (χ0n) is 12.8. The van der Waals surface area contributed by atoms with Gasteiger partial charge in [0.25, 0.3) is 0 Å². The van der Waals surface area contributed by atoms with E-state index in [0.717, 1.165) is 23.4 Å². The number of nitrogens with one attached hydrogen (secondary N) is 1. The summed E-state index contributed by atoms with van der Waals surface area (Å²) < 4.78 is 1.16. The van der Waals surface area contributed by atoms with Crippen molar-refractivity contribution in [3.05, 3.63) is 34.3 Å². The monoisotopic (exact) mass is 323 g/mol. The molecule has 0 amide bonds. The van der Waals surface area contributed by atoms with Crippen LogP contribution in [0.5, 0.6) is 0 Å². The highest BCUT2D eigenvalue weighted by Gasteiger charge is 2.63. The zero-order chi connectivity index (χ0) is 14.3. The first kappa shape index (κ1) is 15.1. The molecule has 19 heavy (non-hydrogen) atoms. The average molecular weight is 324 g/mol. The van der Waals surface area contributed by atoms with Crippen LogP contribution in [0.2, 0.25) is 0 Å². The molecule has 0 aromatic heterocycles. The van der Waals surface area contributed by atoms with E-state index in [4.69, 9.17) is 0 Å². The molecule has 0 aliphatic heterocycles. The van der Waals surface area contributed by atoms with Crippen LogP contribution in [0.25, 0.3) is 0 Å². The van der Waals surface area contributed by atoms with E-state index in [9.17, 15) is 0 Å². The summed E-state index contributed by atoms with van der Waals surface area (Å²) >= 11 is 3.56. The van der Waals surface area contributed by atoms with Gasteiger partial charge in [-0.15, -0.1) is 0 Å². The number of benzene rings is 1. The molecule has 1 aromatic carbocycles. The Balaban J connectivity index is 1.98. The molecule has 1 aliphatic carbocycles. The van der Waals surface area contributed by atoms with Crippen LogP contribution in [0.3, 0.4) is 0 Å². The number of hydrogen-bond donors (Lipinski definition) is 1. The molecule has 0 radical (unpaired) electrons. The molecule has 0 bridgehead atoms. The Morgan fingerprint density at radius 3 is 2.32 bits per heavy atom. The van der Waals surface area contributed by atoms with Crippen molar-refractivity contribution >= 4 is 15.9 Å². The summed E-state index contributed by atoms with van der Waals surface area (Å²) in [6.07, 6.45) is 1.13. The molecule has 1 aromatic rings. The molecule has 1 saturated carbocycles. The maximum absolute atomic E-state index is 3.77. The summed E-state index contributed by atoms with van der Waals surface area (Å²) in [5.74, 6) is 0.779. The first-order valence-corrected chi connectivity index (χ1v) is 8.09. The summed E-state index contributed by atoms with van der Waals surface area (Å²) in [7, 11) is 0. The van der Waals surface area contributed by atoms with E-state index in [2.05, 4.69) is 80.1 Å². The highest BCUT2D eigenvalue weighted by Crippen LogP contribution is 2.68. The third-order valence-electron chi connectivity index (χ3n) is 5.55. The first-order chi connectivity index (χ1) is 8.80. The highest BCUT2D eigenvalue weighted by molar-refractivity contribution is 9.10. The summed E-state index contributed by atoms with van der Waals surface area (Å²) in [5.41, 5.74) is 2.32. The van der Waals surface area contributed by atoms with Gasteiger partial charge in [-0.05, 0) is 47.4 Å². The van der Waals surface area contributed by atoms with Crippen LogP contribution >= 0.6 is 15.9 Å². The fraction of sp³-hybridized carbons (Fsp3) is 0.647. The van der Waals surface area contributed by atoms with E-state index in [0.29, 0.717) is 16.9 Å². The van der Waals surface area contributed by atoms with Gasteiger partial charge in [0.2, 0.25) is 0 Å². The Morgan fingerprint density at radius 2 is 1.84 bits per heavy atom. The fourth-order valence-electron chi connectivity index (χ4n) is 3.32. The molecule has 0 heterocycles. The summed E-state index contributed by atoms with van der Waals surface area (Å²) in [5, 5.41) is 3.77. The second kappa shape index (κ2) is 5.21. The zero-order valence-corrected chi connectivity index (χ0v) is 14.3. The number of hydrogen-bond acceptors (Lipinski definition) is 1. The van der Waals surface area contributed by atoms with Crippen molar-refractivity contribution in [2.24, 2.45) is 16.7 Å². The van der Waals surface area contributed by atoms with Crippen LogP contribution in [0.4, 0.5) is 0 Å². The normalized spacial score (nSPS) is 22.2. The number of rotatable bonds is 5. The predicted octanol–water partition coefficient (Wildman–Crippen LogP) is 5.17. The van der Waals surface area contributed by atoms with Crippen LogP contribution in [0, 0.1) is 16.7 Å². The smallest absolute Gasteiger partial charge is 0.0318 e. The third kappa shape index (κ3) is 2.75. The van der Waals surface area contributed by atoms with Crippen molar-refractivity contribution in [1.29, 1.82) is 0 Å². The molecule has 106 valence electrons. The maximum atomic E-state index is 3.77. The summed E-state index contributed by atoms with van der Waals surface area (Å²) in [6.45, 7) is 12.9. The highest BCUT2D eigenvalue weighted by atomic mass is 79.9. The van der Waals surface area contributed by atoms with Crippen molar-refractivity contribution in [3.63, 3.8) is 0 Å². The predicted molar refractivity (Wildman–Crippen MR) is 86.2 cm³/mol. The lowest BCUT2D eigenvalue weighted by atomic mass is 10.0. The van der Waals surface area contributed by atoms with Crippen LogP contribution in [0.1, 0.15) is 52.6 Å². The lowest BCUT2D eigenvalue weighted by molar-refractivity contribution is 0.457. The molecule has 1 nitrogen and oxygen atoms in total. The molecule has 2 heteroatoms. The van der Waals surface area contributed by atoms with Crippen molar-refractivity contribution in [3.8, 4) is 0 Å². The van der Waals surface area contributed by atoms with Gasteiger partial charge in [-0.2, -0.15) is 0 Å². The minimum Gasteiger partial charge on any atom is -0.310 e. The van der Waals surface area contributed by atoms with Gasteiger partial charge in [-0.25, -0.2) is 0 Å². The molecule has 1 atom stereocenters. The van der Waals surface area contributed by atoms with Crippen LogP contribution in [-0.2, 0) is 0 Å². The largest absolute Gasteiger partial charge is 0.310 e. The molecule has 0 saturated heterocycles. The lowest BCUT2D eigenvalue weighted by Crippen LogP contribution is -2.24. The molecule has 1 unspecified atom stereocenters. The molecular weight excluding hydrogens is 298 g/mol. The topological polar surface area (TPSA) is 12.0 Å². The van der Waals surface area contributed by atoms with Gasteiger partial charge < -0.3 is 5.32 Å². The van der Waals surface area contributed by atoms with E-state index in [1.54, 1.807) is 0 Å². The average Bonchev–Trinajstić information content (AvgIpc) is 2.72. The van der Waals surface area contributed by atoms with Crippen molar-refractivity contribution in [2.45, 2.75) is 47.1 Å². The van der Waals surface area contributed by atoms with E-state index < -0.39 is 0 Å². The van der Waals surface area contributed by atoms with E-state index >= 15 is 0 Å². The molecule has 1 aliphatic rings. The minimum atomic E-state index is 0.463. The second-order valence-electron chi connectivity index (χ2n) is 6.92. The van der Waals surface area contributed by atoms with E-state index in [1.165, 1.54) is 5.56 Å². The Bertz CT molecular complexity index is 436. The number of halogens is 1. The summed E-state index contributed by atoms with van der Waals surface area (Å²) in [4.78, 5) is 0. The second-order valence-corrected chi connectivity index (χ2v) is 7.84. The minimum absolute atomic E-state index is 0.463. The fourth-order valence-corrected chi connectivity index (χ4v) is 3.74. The van der Waals surface area contributed by atoms with Crippen molar-refractivity contribution < 1.29 is 0 Å². The lowest BCUT2D eigenvalue weighted by Gasteiger charge is -2.18. The van der Waals surface area contributed by atoms with Crippen LogP contribution in [0.15, 0.2) is 28.7 Å². The Morgan fingerprint density at radius 1 is 1.21 bits per heavy atom. The van der Waals surface area contributed by atoms with Crippen LogP contribution in [-0.4, -0.2) is 6.54 Å². The molecule has 2 rings (SSSR count). The van der Waals surface area contributed by atoms with Gasteiger partial charge in [-0.1, -0.05) is 62.7 Å². The standard InChI is InChI=1S/C17H26BrN/c1-6-14(12-8-7-9-13(18)10-12)19-11-15-16(2,3)17(15,4)5/h7-10,14-15,19H,6,11H2,1-5H3. The Labute approximate surface area is 126 Å². The van der Waals surface area contributed by atoms with E-state index in [1.807, 2.05) is 0 Å². The first-order valence-electron chi connectivity index (χ1n) is 7.29. The Hall–Kier alpha value is -0.340. The quantitative estimate of drug-likeness (QED) is 0.788. The SMILES string of the molecule is CCC(NCC1C(C)(C)C1(C)C)c1cccc(Br)c1.